The summed E-state index contributed by atoms with van der Waals surface area (Å²) in [6, 6.07) is 10.5. The second kappa shape index (κ2) is 11.3. The van der Waals surface area contributed by atoms with E-state index in [0.717, 1.165) is 31.2 Å². The third kappa shape index (κ3) is 5.97. The van der Waals surface area contributed by atoms with Gasteiger partial charge in [-0.2, -0.15) is 0 Å². The van der Waals surface area contributed by atoms with E-state index in [1.165, 1.54) is 0 Å². The monoisotopic (exact) mass is 504 g/mol. The van der Waals surface area contributed by atoms with Crippen molar-refractivity contribution >= 4 is 35.0 Å². The highest BCUT2D eigenvalue weighted by atomic mass is 35.5. The Morgan fingerprint density at radius 2 is 1.74 bits per heavy atom. The van der Waals surface area contributed by atoms with Crippen molar-refractivity contribution in [3.05, 3.63) is 57.6 Å². The molecule has 1 saturated carbocycles. The first-order valence-corrected chi connectivity index (χ1v) is 12.6. The van der Waals surface area contributed by atoms with Crippen LogP contribution in [0.25, 0.3) is 0 Å². The van der Waals surface area contributed by atoms with Gasteiger partial charge in [-0.25, -0.2) is 0 Å². The van der Waals surface area contributed by atoms with Gasteiger partial charge in [0, 0.05) is 34.6 Å². The highest BCUT2D eigenvalue weighted by molar-refractivity contribution is 6.36. The molecule has 0 saturated heterocycles. The molecule has 1 heterocycles. The molecule has 2 aromatic carbocycles. The molecule has 1 aliphatic heterocycles. The van der Waals surface area contributed by atoms with E-state index in [0.29, 0.717) is 46.7 Å². The van der Waals surface area contributed by atoms with E-state index >= 15 is 0 Å². The summed E-state index contributed by atoms with van der Waals surface area (Å²) in [5.41, 5.74) is 1.61. The first kappa shape index (κ1) is 24.7. The molecule has 2 aromatic rings. The van der Waals surface area contributed by atoms with Crippen molar-refractivity contribution in [1.29, 1.82) is 0 Å². The van der Waals surface area contributed by atoms with Gasteiger partial charge in [0.05, 0.1) is 0 Å². The Labute approximate surface area is 210 Å². The standard InChI is InChI=1S/C26H30Cl2N2O4/c1-17(26(32)29-19-5-2-3-6-19)30(16-20-21(27)7-4-8-22(20)28)25(31)12-10-18-9-11-23-24(15-18)34-14-13-33-23/h4,7-9,11,15,17,19H,2-3,5-6,10,12-14,16H2,1H3,(H,29,32)/t17-/m1/s1. The summed E-state index contributed by atoms with van der Waals surface area (Å²) >= 11 is 12.8. The first-order chi connectivity index (χ1) is 16.4. The summed E-state index contributed by atoms with van der Waals surface area (Å²) < 4.78 is 11.2. The van der Waals surface area contributed by atoms with Crippen LogP contribution >= 0.6 is 23.2 Å². The van der Waals surface area contributed by atoms with Crippen molar-refractivity contribution in [3.8, 4) is 11.5 Å². The fourth-order valence-electron chi connectivity index (χ4n) is 4.47. The number of carbonyl (C=O) groups is 2. The number of hydrogen-bond donors (Lipinski definition) is 1. The normalized spacial score (nSPS) is 16.2. The second-order valence-electron chi connectivity index (χ2n) is 8.87. The maximum atomic E-state index is 13.4. The molecule has 6 nitrogen and oxygen atoms in total. The number of rotatable bonds is 8. The predicted molar refractivity (Wildman–Crippen MR) is 133 cm³/mol. The molecule has 1 atom stereocenters. The topological polar surface area (TPSA) is 67.9 Å². The number of hydrogen-bond acceptors (Lipinski definition) is 4. The molecular formula is C26H30Cl2N2O4. The van der Waals surface area contributed by atoms with E-state index in [9.17, 15) is 9.59 Å². The van der Waals surface area contributed by atoms with Crippen LogP contribution in [0.3, 0.4) is 0 Å². The maximum absolute atomic E-state index is 13.4. The molecule has 0 aromatic heterocycles. The van der Waals surface area contributed by atoms with Crippen LogP contribution in [0.2, 0.25) is 10.0 Å². The zero-order chi connectivity index (χ0) is 24.1. The van der Waals surface area contributed by atoms with E-state index < -0.39 is 6.04 Å². The van der Waals surface area contributed by atoms with E-state index in [2.05, 4.69) is 5.32 Å². The third-order valence-corrected chi connectivity index (χ3v) is 7.20. The smallest absolute Gasteiger partial charge is 0.242 e. The molecule has 1 aliphatic carbocycles. The lowest BCUT2D eigenvalue weighted by Gasteiger charge is -2.30. The zero-order valence-electron chi connectivity index (χ0n) is 19.3. The Kier molecular flexibility index (Phi) is 8.22. The number of nitrogens with zero attached hydrogens (tertiary/aromatic N) is 1. The Bertz CT molecular complexity index is 1020. The fourth-order valence-corrected chi connectivity index (χ4v) is 4.98. The van der Waals surface area contributed by atoms with Gasteiger partial charge in [0.2, 0.25) is 11.8 Å². The van der Waals surface area contributed by atoms with Gasteiger partial charge in [-0.15, -0.1) is 0 Å². The minimum atomic E-state index is -0.652. The van der Waals surface area contributed by atoms with E-state index in [1.54, 1.807) is 30.0 Å². The number of aryl methyl sites for hydroxylation is 1. The maximum Gasteiger partial charge on any atom is 0.242 e. The lowest BCUT2D eigenvalue weighted by molar-refractivity contribution is -0.140. The van der Waals surface area contributed by atoms with Crippen LogP contribution in [-0.4, -0.2) is 42.0 Å². The van der Waals surface area contributed by atoms with Gasteiger partial charge >= 0.3 is 0 Å². The molecule has 0 bridgehead atoms. The van der Waals surface area contributed by atoms with Crippen molar-refractivity contribution in [2.75, 3.05) is 13.2 Å². The van der Waals surface area contributed by atoms with Gasteiger partial charge in [-0.05, 0) is 56.0 Å². The molecule has 182 valence electrons. The summed E-state index contributed by atoms with van der Waals surface area (Å²) in [6.07, 6.45) is 4.95. The molecule has 0 radical (unpaired) electrons. The van der Waals surface area contributed by atoms with Crippen LogP contribution in [0.4, 0.5) is 0 Å². The van der Waals surface area contributed by atoms with Crippen LogP contribution < -0.4 is 14.8 Å². The van der Waals surface area contributed by atoms with E-state index in [4.69, 9.17) is 32.7 Å². The lowest BCUT2D eigenvalue weighted by atomic mass is 10.1. The van der Waals surface area contributed by atoms with Crippen LogP contribution in [0, 0.1) is 0 Å². The van der Waals surface area contributed by atoms with Crippen molar-refractivity contribution in [3.63, 3.8) is 0 Å². The molecule has 2 amide bonds. The van der Waals surface area contributed by atoms with Gasteiger partial charge < -0.3 is 19.7 Å². The molecule has 1 N–H and O–H groups in total. The van der Waals surface area contributed by atoms with Gasteiger partial charge in [0.25, 0.3) is 0 Å². The van der Waals surface area contributed by atoms with Crippen LogP contribution in [0.5, 0.6) is 11.5 Å². The quantitative estimate of drug-likeness (QED) is 0.538. The molecule has 0 unspecified atom stereocenters. The fraction of sp³-hybridized carbons (Fsp3) is 0.462. The second-order valence-corrected chi connectivity index (χ2v) is 9.68. The van der Waals surface area contributed by atoms with Gasteiger partial charge in [0.15, 0.2) is 11.5 Å². The Morgan fingerprint density at radius 3 is 2.44 bits per heavy atom. The first-order valence-electron chi connectivity index (χ1n) is 11.8. The van der Waals surface area contributed by atoms with Crippen molar-refractivity contribution < 1.29 is 19.1 Å². The number of carbonyl (C=O) groups excluding carboxylic acids is 2. The number of ether oxygens (including phenoxy) is 2. The minimum Gasteiger partial charge on any atom is -0.486 e. The SMILES string of the molecule is C[C@H](C(=O)NC1CCCC1)N(Cc1c(Cl)cccc1Cl)C(=O)CCc1ccc2c(c1)OCCO2. The highest BCUT2D eigenvalue weighted by Crippen LogP contribution is 2.31. The van der Waals surface area contributed by atoms with E-state index in [1.807, 2.05) is 18.2 Å². The molecule has 1 fully saturated rings. The average molecular weight is 505 g/mol. The van der Waals surface area contributed by atoms with E-state index in [-0.39, 0.29) is 30.8 Å². The largest absolute Gasteiger partial charge is 0.486 e. The Morgan fingerprint density at radius 1 is 1.06 bits per heavy atom. The third-order valence-electron chi connectivity index (χ3n) is 6.49. The van der Waals surface area contributed by atoms with Crippen LogP contribution in [0.1, 0.15) is 50.2 Å². The summed E-state index contributed by atoms with van der Waals surface area (Å²) in [5, 5.41) is 4.05. The number of amides is 2. The van der Waals surface area contributed by atoms with Crippen molar-refractivity contribution in [2.24, 2.45) is 0 Å². The molecule has 8 heteroatoms. The van der Waals surface area contributed by atoms with Gasteiger partial charge in [0.1, 0.15) is 19.3 Å². The van der Waals surface area contributed by atoms with Crippen molar-refractivity contribution in [1.82, 2.24) is 10.2 Å². The Balaban J connectivity index is 1.49. The Hall–Kier alpha value is -2.44. The zero-order valence-corrected chi connectivity index (χ0v) is 20.8. The number of fused-ring (bicyclic) bond motifs is 1. The highest BCUT2D eigenvalue weighted by Gasteiger charge is 2.29. The minimum absolute atomic E-state index is 0.139. The molecule has 2 aliphatic rings. The lowest BCUT2D eigenvalue weighted by Crippen LogP contribution is -2.49. The van der Waals surface area contributed by atoms with Gasteiger partial charge in [-0.1, -0.05) is 48.2 Å². The predicted octanol–water partition coefficient (Wildman–Crippen LogP) is 5.17. The summed E-state index contributed by atoms with van der Waals surface area (Å²) in [7, 11) is 0. The summed E-state index contributed by atoms with van der Waals surface area (Å²) in [5.74, 6) is 1.12. The molecule has 34 heavy (non-hydrogen) atoms. The molecular weight excluding hydrogens is 475 g/mol. The van der Waals surface area contributed by atoms with Crippen LogP contribution in [0.15, 0.2) is 36.4 Å². The van der Waals surface area contributed by atoms with Crippen molar-refractivity contribution in [2.45, 2.75) is 64.1 Å². The molecule has 4 rings (SSSR count). The van der Waals surface area contributed by atoms with Crippen LogP contribution in [-0.2, 0) is 22.6 Å². The summed E-state index contributed by atoms with van der Waals surface area (Å²) in [4.78, 5) is 28.0. The number of halogens is 2. The molecule has 0 spiro atoms. The average Bonchev–Trinajstić information content (AvgIpc) is 3.35. The van der Waals surface area contributed by atoms with Gasteiger partial charge in [-0.3, -0.25) is 9.59 Å². The number of benzene rings is 2. The number of nitrogens with one attached hydrogen (secondary N) is 1. The summed E-state index contributed by atoms with van der Waals surface area (Å²) in [6.45, 7) is 2.97.